The van der Waals surface area contributed by atoms with E-state index in [-0.39, 0.29) is 11.9 Å². The molecule has 0 spiro atoms. The van der Waals surface area contributed by atoms with E-state index in [0.29, 0.717) is 34.5 Å². The average molecular weight is 420 g/mol. The lowest BCUT2D eigenvalue weighted by Gasteiger charge is -2.21. The molecule has 156 valence electrons. The van der Waals surface area contributed by atoms with Crippen molar-refractivity contribution >= 4 is 16.8 Å². The summed E-state index contributed by atoms with van der Waals surface area (Å²) in [6.07, 6.45) is 1.46. The summed E-state index contributed by atoms with van der Waals surface area (Å²) in [6, 6.07) is 12.9. The van der Waals surface area contributed by atoms with E-state index in [0.717, 1.165) is 23.4 Å². The predicted molar refractivity (Wildman–Crippen MR) is 110 cm³/mol. The zero-order valence-corrected chi connectivity index (χ0v) is 16.8. The highest BCUT2D eigenvalue weighted by atomic mass is 19.2. The van der Waals surface area contributed by atoms with E-state index >= 15 is 0 Å². The number of aromatic nitrogens is 3. The van der Waals surface area contributed by atoms with E-state index in [1.54, 1.807) is 24.1 Å². The van der Waals surface area contributed by atoms with E-state index in [1.807, 2.05) is 31.2 Å². The van der Waals surface area contributed by atoms with Gasteiger partial charge in [-0.25, -0.2) is 18.4 Å². The van der Waals surface area contributed by atoms with Gasteiger partial charge in [-0.3, -0.25) is 4.79 Å². The smallest absolute Gasteiger partial charge is 0.256 e. The van der Waals surface area contributed by atoms with Crippen LogP contribution in [0.1, 0.15) is 34.6 Å². The van der Waals surface area contributed by atoms with Crippen molar-refractivity contribution in [2.24, 2.45) is 0 Å². The summed E-state index contributed by atoms with van der Waals surface area (Å²) >= 11 is 0. The summed E-state index contributed by atoms with van der Waals surface area (Å²) in [5, 5.41) is 4.70. The molecule has 0 N–H and O–H groups in total. The second-order valence-electron chi connectivity index (χ2n) is 7.44. The van der Waals surface area contributed by atoms with Crippen LogP contribution in [0.5, 0.6) is 5.75 Å². The molecule has 1 aliphatic rings. The molecule has 6 nitrogen and oxygen atoms in total. The number of fused-ring (bicyclic) bond motifs is 2. The Kier molecular flexibility index (Phi) is 4.43. The van der Waals surface area contributed by atoms with E-state index in [2.05, 4.69) is 10.1 Å². The highest BCUT2D eigenvalue weighted by molar-refractivity contribution is 5.98. The number of carbonyl (C=O) groups is 1. The number of pyridine rings is 1. The first-order valence-electron chi connectivity index (χ1n) is 9.74. The van der Waals surface area contributed by atoms with Crippen LogP contribution in [0.25, 0.3) is 16.7 Å². The molecule has 1 amide bonds. The third kappa shape index (κ3) is 3.11. The van der Waals surface area contributed by atoms with E-state index < -0.39 is 11.6 Å². The summed E-state index contributed by atoms with van der Waals surface area (Å²) < 4.78 is 33.9. The highest BCUT2D eigenvalue weighted by Crippen LogP contribution is 2.34. The Labute approximate surface area is 176 Å². The van der Waals surface area contributed by atoms with Gasteiger partial charge in [0.25, 0.3) is 5.91 Å². The van der Waals surface area contributed by atoms with Crippen molar-refractivity contribution in [3.63, 3.8) is 0 Å². The molecule has 0 saturated heterocycles. The molecule has 8 heteroatoms. The Bertz CT molecular complexity index is 1320. The Morgan fingerprint density at radius 2 is 1.81 bits per heavy atom. The van der Waals surface area contributed by atoms with Crippen molar-refractivity contribution < 1.29 is 18.3 Å². The van der Waals surface area contributed by atoms with Crippen molar-refractivity contribution in [1.82, 2.24) is 19.7 Å². The summed E-state index contributed by atoms with van der Waals surface area (Å²) in [7, 11) is 1.61. The van der Waals surface area contributed by atoms with Crippen LogP contribution in [0.3, 0.4) is 0 Å². The number of methoxy groups -OCH3 is 1. The van der Waals surface area contributed by atoms with E-state index in [1.165, 1.54) is 10.9 Å². The average Bonchev–Trinajstić information content (AvgIpc) is 3.28. The SMILES string of the molecule is COc1ccc(CN2C(=O)c3ccc(-n4ncc5cc(F)c(F)cc54)nc3C2C)cc1. The fourth-order valence-electron chi connectivity index (χ4n) is 3.90. The largest absolute Gasteiger partial charge is 0.497 e. The van der Waals surface area contributed by atoms with Gasteiger partial charge < -0.3 is 9.64 Å². The van der Waals surface area contributed by atoms with E-state index in [9.17, 15) is 13.6 Å². The Hall–Kier alpha value is -3.81. The van der Waals surface area contributed by atoms with Crippen LogP contribution in [0.4, 0.5) is 8.78 Å². The van der Waals surface area contributed by atoms with Crippen LogP contribution in [0, 0.1) is 11.6 Å². The van der Waals surface area contributed by atoms with Crippen LogP contribution >= 0.6 is 0 Å². The monoisotopic (exact) mass is 420 g/mol. The number of rotatable bonds is 4. The number of hydrogen-bond donors (Lipinski definition) is 0. The minimum Gasteiger partial charge on any atom is -0.497 e. The van der Waals surface area contributed by atoms with Crippen molar-refractivity contribution in [1.29, 1.82) is 0 Å². The van der Waals surface area contributed by atoms with Crippen LogP contribution in [0.15, 0.2) is 54.7 Å². The molecule has 0 saturated carbocycles. The quantitative estimate of drug-likeness (QED) is 0.490. The number of amides is 1. The van der Waals surface area contributed by atoms with Crippen molar-refractivity contribution in [3.05, 3.63) is 83.2 Å². The molecule has 1 unspecified atom stereocenters. The zero-order chi connectivity index (χ0) is 21.7. The van der Waals surface area contributed by atoms with E-state index in [4.69, 9.17) is 4.74 Å². The first-order chi connectivity index (χ1) is 15.0. The molecular weight excluding hydrogens is 402 g/mol. The topological polar surface area (TPSA) is 60.2 Å². The zero-order valence-electron chi connectivity index (χ0n) is 16.8. The van der Waals surface area contributed by atoms with Gasteiger partial charge in [-0.15, -0.1) is 0 Å². The fourth-order valence-corrected chi connectivity index (χ4v) is 3.90. The maximum absolute atomic E-state index is 13.8. The summed E-state index contributed by atoms with van der Waals surface area (Å²) in [4.78, 5) is 19.4. The molecule has 1 aliphatic heterocycles. The number of halogens is 2. The number of ether oxygens (including phenoxy) is 1. The minimum absolute atomic E-state index is 0.101. The molecule has 0 fully saturated rings. The lowest BCUT2D eigenvalue weighted by atomic mass is 10.1. The van der Waals surface area contributed by atoms with Crippen LogP contribution in [-0.2, 0) is 6.54 Å². The maximum Gasteiger partial charge on any atom is 0.256 e. The first kappa shape index (κ1) is 19.2. The standard InChI is InChI=1S/C23H18F2N4O2/c1-13-22-17(23(30)28(13)12-14-3-5-16(31-2)6-4-14)7-8-21(27-22)29-20-10-19(25)18(24)9-15(20)11-26-29/h3-11,13H,12H2,1-2H3. The molecule has 0 radical (unpaired) electrons. The third-order valence-corrected chi connectivity index (χ3v) is 5.60. The molecular formula is C23H18F2N4O2. The molecule has 3 heterocycles. The normalized spacial score (nSPS) is 15.5. The lowest BCUT2D eigenvalue weighted by Crippen LogP contribution is -2.26. The van der Waals surface area contributed by atoms with Gasteiger partial charge in [0.1, 0.15) is 5.75 Å². The molecule has 2 aromatic heterocycles. The van der Waals surface area contributed by atoms with Gasteiger partial charge in [-0.2, -0.15) is 5.10 Å². The van der Waals surface area contributed by atoms with Crippen LogP contribution in [-0.4, -0.2) is 32.7 Å². The van der Waals surface area contributed by atoms with Gasteiger partial charge in [0.2, 0.25) is 0 Å². The first-order valence-corrected chi connectivity index (χ1v) is 9.74. The van der Waals surface area contributed by atoms with Gasteiger partial charge in [-0.05, 0) is 42.8 Å². The number of hydrogen-bond acceptors (Lipinski definition) is 4. The molecule has 31 heavy (non-hydrogen) atoms. The van der Waals surface area contributed by atoms with Crippen LogP contribution < -0.4 is 4.74 Å². The Balaban J connectivity index is 1.48. The number of nitrogens with zero attached hydrogens (tertiary/aromatic N) is 4. The van der Waals surface area contributed by atoms with Gasteiger partial charge >= 0.3 is 0 Å². The van der Waals surface area contributed by atoms with Gasteiger partial charge in [0, 0.05) is 18.0 Å². The second kappa shape index (κ2) is 7.16. The molecule has 2 aromatic carbocycles. The van der Waals surface area contributed by atoms with Crippen molar-refractivity contribution in [2.75, 3.05) is 7.11 Å². The van der Waals surface area contributed by atoms with Crippen LogP contribution in [0.2, 0.25) is 0 Å². The summed E-state index contributed by atoms with van der Waals surface area (Å²) in [5.74, 6) is -0.796. The van der Waals surface area contributed by atoms with Gasteiger partial charge in [0.15, 0.2) is 17.5 Å². The lowest BCUT2D eigenvalue weighted by molar-refractivity contribution is 0.0722. The maximum atomic E-state index is 13.8. The second-order valence-corrected chi connectivity index (χ2v) is 7.44. The van der Waals surface area contributed by atoms with Gasteiger partial charge in [-0.1, -0.05) is 12.1 Å². The Morgan fingerprint density at radius 3 is 2.55 bits per heavy atom. The van der Waals surface area contributed by atoms with Gasteiger partial charge in [0.05, 0.1) is 36.1 Å². The minimum atomic E-state index is -0.954. The molecule has 0 aliphatic carbocycles. The number of carbonyl (C=O) groups excluding carboxylic acids is 1. The molecule has 0 bridgehead atoms. The third-order valence-electron chi connectivity index (χ3n) is 5.60. The number of benzene rings is 2. The highest BCUT2D eigenvalue weighted by Gasteiger charge is 2.35. The summed E-state index contributed by atoms with van der Waals surface area (Å²) in [6.45, 7) is 2.35. The van der Waals surface area contributed by atoms with Crippen molar-refractivity contribution in [2.45, 2.75) is 19.5 Å². The Morgan fingerprint density at radius 1 is 1.06 bits per heavy atom. The fraction of sp³-hybridized carbons (Fsp3) is 0.174. The predicted octanol–water partition coefficient (Wildman–Crippen LogP) is 4.42. The van der Waals surface area contributed by atoms with Crippen molar-refractivity contribution in [3.8, 4) is 11.6 Å². The molecule has 5 rings (SSSR count). The molecule has 1 atom stereocenters. The summed E-state index contributed by atoms with van der Waals surface area (Å²) in [5.41, 5.74) is 2.53. The molecule has 4 aromatic rings.